The van der Waals surface area contributed by atoms with E-state index in [0.717, 1.165) is 6.20 Å². The maximum atomic E-state index is 14.6. The van der Waals surface area contributed by atoms with E-state index in [4.69, 9.17) is 0 Å². The van der Waals surface area contributed by atoms with Gasteiger partial charge in [-0.25, -0.2) is 18.7 Å². The van der Waals surface area contributed by atoms with Gasteiger partial charge in [-0.15, -0.1) is 0 Å². The minimum atomic E-state index is -0.829. The van der Waals surface area contributed by atoms with Crippen LogP contribution in [-0.2, 0) is 7.05 Å². The number of aryl methyl sites for hydroxylation is 2. The number of halogens is 2. The van der Waals surface area contributed by atoms with E-state index in [1.54, 1.807) is 26.1 Å². The molecule has 136 valence electrons. The van der Waals surface area contributed by atoms with Gasteiger partial charge in [0.05, 0.1) is 23.4 Å². The number of anilines is 3. The Balaban J connectivity index is 2.08. The third kappa shape index (κ3) is 3.22. The van der Waals surface area contributed by atoms with Crippen molar-refractivity contribution in [1.29, 1.82) is 0 Å². The van der Waals surface area contributed by atoms with E-state index in [2.05, 4.69) is 20.0 Å². The molecule has 0 aliphatic heterocycles. The number of hydrogen-bond donors (Lipinski definition) is 2. The molecule has 3 rings (SSSR count). The molecule has 1 aromatic carbocycles. The van der Waals surface area contributed by atoms with Crippen LogP contribution < -0.4 is 15.6 Å². The zero-order valence-electron chi connectivity index (χ0n) is 14.4. The van der Waals surface area contributed by atoms with E-state index < -0.39 is 11.6 Å². The topological polar surface area (TPSA) is 71.8 Å². The standard InChI is InChI=1S/C17H17F2N5OS/c1-4-26-23-16-14(19)15(10(18)7-20-16)22-11-5-6-12-13(9(11)2)17(25)24(3)8-21-12/h5-8H,4H2,1-3H3,(H2,20,22,23). The molecule has 2 heterocycles. The van der Waals surface area contributed by atoms with Crippen LogP contribution in [0.1, 0.15) is 12.5 Å². The summed E-state index contributed by atoms with van der Waals surface area (Å²) in [5.41, 5.74) is 0.939. The number of fused-ring (bicyclic) bond motifs is 1. The Kier molecular flexibility index (Phi) is 5.08. The van der Waals surface area contributed by atoms with Gasteiger partial charge in [0.25, 0.3) is 5.56 Å². The molecule has 2 aromatic heterocycles. The second kappa shape index (κ2) is 7.28. The highest BCUT2D eigenvalue weighted by molar-refractivity contribution is 8.00. The van der Waals surface area contributed by atoms with Crippen LogP contribution in [0.25, 0.3) is 10.9 Å². The summed E-state index contributed by atoms with van der Waals surface area (Å²) >= 11 is 1.25. The van der Waals surface area contributed by atoms with E-state index in [1.807, 2.05) is 6.92 Å². The Labute approximate surface area is 152 Å². The molecule has 0 spiro atoms. The first-order valence-corrected chi connectivity index (χ1v) is 8.86. The van der Waals surface area contributed by atoms with Gasteiger partial charge in [-0.3, -0.25) is 4.79 Å². The number of hydrogen-bond acceptors (Lipinski definition) is 6. The highest BCUT2D eigenvalue weighted by Gasteiger charge is 2.17. The monoisotopic (exact) mass is 377 g/mol. The van der Waals surface area contributed by atoms with Crippen molar-refractivity contribution in [1.82, 2.24) is 14.5 Å². The fourth-order valence-corrected chi connectivity index (χ4v) is 2.94. The van der Waals surface area contributed by atoms with Gasteiger partial charge in [-0.1, -0.05) is 18.9 Å². The summed E-state index contributed by atoms with van der Waals surface area (Å²) in [6, 6.07) is 3.27. The Hall–Kier alpha value is -2.68. The van der Waals surface area contributed by atoms with Crippen LogP contribution in [0, 0.1) is 18.6 Å². The lowest BCUT2D eigenvalue weighted by molar-refractivity contribution is 0.584. The fourth-order valence-electron chi connectivity index (χ4n) is 2.51. The van der Waals surface area contributed by atoms with Gasteiger partial charge in [0, 0.05) is 18.5 Å². The lowest BCUT2D eigenvalue weighted by atomic mass is 10.1. The fraction of sp³-hybridized carbons (Fsp3) is 0.235. The number of rotatable bonds is 5. The van der Waals surface area contributed by atoms with Crippen LogP contribution in [0.3, 0.4) is 0 Å². The predicted molar refractivity (Wildman–Crippen MR) is 101 cm³/mol. The van der Waals surface area contributed by atoms with Crippen molar-refractivity contribution in [3.05, 3.63) is 52.2 Å². The van der Waals surface area contributed by atoms with Crippen molar-refractivity contribution < 1.29 is 8.78 Å². The first-order valence-electron chi connectivity index (χ1n) is 7.87. The summed E-state index contributed by atoms with van der Waals surface area (Å²) < 4.78 is 32.9. The maximum absolute atomic E-state index is 14.6. The quantitative estimate of drug-likeness (QED) is 0.660. The Bertz CT molecular complexity index is 1040. The normalized spacial score (nSPS) is 11.0. The molecule has 0 saturated carbocycles. The number of nitrogens with one attached hydrogen (secondary N) is 2. The molecule has 6 nitrogen and oxygen atoms in total. The molecule has 2 N–H and O–H groups in total. The molecule has 0 bridgehead atoms. The number of aromatic nitrogens is 3. The van der Waals surface area contributed by atoms with Crippen molar-refractivity contribution in [2.45, 2.75) is 13.8 Å². The summed E-state index contributed by atoms with van der Waals surface area (Å²) in [5, 5.41) is 3.15. The van der Waals surface area contributed by atoms with Crippen LogP contribution >= 0.6 is 11.9 Å². The molecule has 0 radical (unpaired) electrons. The molecule has 0 saturated heterocycles. The molecule has 3 aromatic rings. The van der Waals surface area contributed by atoms with E-state index >= 15 is 0 Å². The molecule has 0 fully saturated rings. The third-order valence-electron chi connectivity index (χ3n) is 3.89. The van der Waals surface area contributed by atoms with Crippen molar-refractivity contribution in [2.75, 3.05) is 15.8 Å². The maximum Gasteiger partial charge on any atom is 0.261 e. The zero-order chi connectivity index (χ0) is 18.8. The van der Waals surface area contributed by atoms with Crippen molar-refractivity contribution in [3.63, 3.8) is 0 Å². The van der Waals surface area contributed by atoms with Gasteiger partial charge in [-0.2, -0.15) is 0 Å². The second-order valence-corrected chi connectivity index (χ2v) is 6.67. The van der Waals surface area contributed by atoms with Crippen molar-refractivity contribution >= 4 is 40.0 Å². The van der Waals surface area contributed by atoms with Gasteiger partial charge in [0.1, 0.15) is 5.69 Å². The van der Waals surface area contributed by atoms with E-state index in [9.17, 15) is 13.6 Å². The Morgan fingerprint density at radius 1 is 1.27 bits per heavy atom. The molecular formula is C17H17F2N5OS. The van der Waals surface area contributed by atoms with Crippen LogP contribution in [0.5, 0.6) is 0 Å². The summed E-state index contributed by atoms with van der Waals surface area (Å²) in [7, 11) is 1.60. The molecule has 0 aliphatic carbocycles. The molecule has 9 heteroatoms. The average Bonchev–Trinajstić information content (AvgIpc) is 2.62. The number of pyridine rings is 1. The van der Waals surface area contributed by atoms with Gasteiger partial charge in [-0.05, 0) is 24.6 Å². The minimum absolute atomic E-state index is 0.0585. The summed E-state index contributed by atoms with van der Waals surface area (Å²) in [4.78, 5) is 20.3. The predicted octanol–water partition coefficient (Wildman–Crippen LogP) is 3.74. The number of nitrogens with zero attached hydrogens (tertiary/aromatic N) is 3. The zero-order valence-corrected chi connectivity index (χ0v) is 15.2. The molecule has 26 heavy (non-hydrogen) atoms. The molecular weight excluding hydrogens is 360 g/mol. The van der Waals surface area contributed by atoms with Crippen LogP contribution in [0.4, 0.5) is 26.0 Å². The van der Waals surface area contributed by atoms with E-state index in [-0.39, 0.29) is 17.1 Å². The molecule has 0 atom stereocenters. The third-order valence-corrected chi connectivity index (χ3v) is 4.52. The number of benzene rings is 1. The minimum Gasteiger partial charge on any atom is -0.350 e. The molecule has 0 unspecified atom stereocenters. The highest BCUT2D eigenvalue weighted by Crippen LogP contribution is 2.30. The lowest BCUT2D eigenvalue weighted by Gasteiger charge is -2.14. The van der Waals surface area contributed by atoms with Crippen LogP contribution in [-0.4, -0.2) is 20.3 Å². The van der Waals surface area contributed by atoms with Gasteiger partial charge in [0.2, 0.25) is 0 Å². The molecule has 0 amide bonds. The second-order valence-electron chi connectivity index (χ2n) is 5.60. The van der Waals surface area contributed by atoms with E-state index in [1.165, 1.54) is 22.8 Å². The summed E-state index contributed by atoms with van der Waals surface area (Å²) in [6.45, 7) is 3.60. The van der Waals surface area contributed by atoms with Gasteiger partial charge < -0.3 is 14.6 Å². The SMILES string of the molecule is CCSNc1ncc(F)c(Nc2ccc3ncn(C)c(=O)c3c2C)c1F. The first-order chi connectivity index (χ1) is 12.4. The van der Waals surface area contributed by atoms with Crippen LogP contribution in [0.2, 0.25) is 0 Å². The first kappa shape index (κ1) is 18.1. The smallest absolute Gasteiger partial charge is 0.261 e. The summed E-state index contributed by atoms with van der Waals surface area (Å²) in [6.07, 6.45) is 2.38. The van der Waals surface area contributed by atoms with Crippen LogP contribution in [0.15, 0.2) is 29.5 Å². The highest BCUT2D eigenvalue weighted by atomic mass is 32.2. The Morgan fingerprint density at radius 3 is 2.77 bits per heavy atom. The van der Waals surface area contributed by atoms with Crippen molar-refractivity contribution in [3.8, 4) is 0 Å². The lowest BCUT2D eigenvalue weighted by Crippen LogP contribution is -2.18. The summed E-state index contributed by atoms with van der Waals surface area (Å²) in [5.74, 6) is -1.02. The largest absolute Gasteiger partial charge is 0.350 e. The molecule has 0 aliphatic rings. The van der Waals surface area contributed by atoms with E-state index in [0.29, 0.717) is 27.9 Å². The Morgan fingerprint density at radius 2 is 2.04 bits per heavy atom. The van der Waals surface area contributed by atoms with Crippen molar-refractivity contribution in [2.24, 2.45) is 7.05 Å². The van der Waals surface area contributed by atoms with Gasteiger partial charge >= 0.3 is 0 Å². The average molecular weight is 377 g/mol. The van der Waals surface area contributed by atoms with Gasteiger partial charge in [0.15, 0.2) is 17.5 Å².